The van der Waals surface area contributed by atoms with Crippen LogP contribution in [-0.4, -0.2) is 23.9 Å². The van der Waals surface area contributed by atoms with E-state index in [1.807, 2.05) is 0 Å². The van der Waals surface area contributed by atoms with Gasteiger partial charge in [-0.25, -0.2) is 0 Å². The van der Waals surface area contributed by atoms with E-state index in [0.29, 0.717) is 0 Å². The first-order valence-corrected chi connectivity index (χ1v) is 23.3. The van der Waals surface area contributed by atoms with Gasteiger partial charge in [0.15, 0.2) is 8.07 Å². The average Bonchev–Trinajstić information content (AvgIpc) is 3.94. The fraction of sp³-hybridized carbons (Fsp3) is 0.0357. The van der Waals surface area contributed by atoms with Crippen LogP contribution >= 0.6 is 0 Å². The van der Waals surface area contributed by atoms with Crippen LogP contribution in [0.15, 0.2) is 176 Å². The van der Waals surface area contributed by atoms with Crippen LogP contribution in [0.2, 0.25) is 0 Å². The van der Waals surface area contributed by atoms with E-state index in [9.17, 15) is 0 Å². The molecule has 2 nitrogen and oxygen atoms in total. The maximum atomic E-state index is 2.78. The Labute approximate surface area is 348 Å². The van der Waals surface area contributed by atoms with E-state index in [4.69, 9.17) is 0 Å². The smallest absolute Gasteiger partial charge is 0.253 e. The third kappa shape index (κ3) is 3.40. The lowest BCUT2D eigenvalue weighted by molar-refractivity contribution is 1.12. The molecule has 2 aromatic heterocycles. The average molecular weight is 775 g/mol. The van der Waals surface area contributed by atoms with Gasteiger partial charge in [0.1, 0.15) is 0 Å². The molecule has 0 N–H and O–H groups in total. The molecule has 60 heavy (non-hydrogen) atoms. The van der Waals surface area contributed by atoms with E-state index in [1.165, 1.54) is 137 Å². The molecule has 4 heteroatoms. The van der Waals surface area contributed by atoms with Crippen LogP contribution in [0, 0.1) is 13.8 Å². The summed E-state index contributed by atoms with van der Waals surface area (Å²) in [5, 5.41) is 12.9. The second-order valence-corrected chi connectivity index (χ2v) is 21.2. The summed E-state index contributed by atoms with van der Waals surface area (Å²) >= 11 is 0. The minimum atomic E-state index is -2.84. The predicted octanol–water partition coefficient (Wildman–Crippen LogP) is 8.65. The zero-order valence-electron chi connectivity index (χ0n) is 33.2. The number of hydrogen-bond acceptors (Lipinski definition) is 0. The molecule has 4 aliphatic heterocycles. The Bertz CT molecular complexity index is 3750. The van der Waals surface area contributed by atoms with Crippen LogP contribution in [0.25, 0.3) is 88.4 Å². The van der Waals surface area contributed by atoms with Gasteiger partial charge in [-0.05, 0) is 107 Å². The molecule has 0 saturated heterocycles. The summed E-state index contributed by atoms with van der Waals surface area (Å²) in [6.07, 6.45) is 0. The van der Waals surface area contributed by atoms with Gasteiger partial charge in [0.05, 0.1) is 16.7 Å². The molecule has 11 aromatic rings. The van der Waals surface area contributed by atoms with Crippen LogP contribution in [-0.2, 0) is 0 Å². The van der Waals surface area contributed by atoms with Crippen molar-refractivity contribution >= 4 is 95.4 Å². The fourth-order valence-corrected chi connectivity index (χ4v) is 18.4. The van der Waals surface area contributed by atoms with Crippen LogP contribution in [0.5, 0.6) is 0 Å². The summed E-state index contributed by atoms with van der Waals surface area (Å²) in [6, 6.07) is 67.8. The molecule has 0 atom stereocenters. The monoisotopic (exact) mass is 774 g/mol. The number of benzene rings is 9. The van der Waals surface area contributed by atoms with Crippen LogP contribution in [0.1, 0.15) is 11.1 Å². The van der Waals surface area contributed by atoms with Crippen LogP contribution in [0.4, 0.5) is 0 Å². The Morgan fingerprint density at radius 1 is 0.450 bits per heavy atom. The summed E-state index contributed by atoms with van der Waals surface area (Å²) in [5.41, 5.74) is 21.7. The van der Waals surface area contributed by atoms with Crippen molar-refractivity contribution in [3.63, 3.8) is 0 Å². The Hall–Kier alpha value is -7.14. The van der Waals surface area contributed by atoms with E-state index in [1.54, 1.807) is 0 Å². The highest BCUT2D eigenvalue weighted by Gasteiger charge is 2.56. The Kier molecular flexibility index (Phi) is 5.68. The maximum Gasteiger partial charge on any atom is 0.253 e. The summed E-state index contributed by atoms with van der Waals surface area (Å²) < 4.78 is 5.47. The number of aryl methyl sites for hydroxylation is 2. The van der Waals surface area contributed by atoms with Crippen molar-refractivity contribution in [2.24, 2.45) is 0 Å². The minimum Gasteiger partial charge on any atom is -0.310 e. The molecular formula is C56H35BN2Si. The molecule has 0 unspecified atom stereocenters. The largest absolute Gasteiger partial charge is 0.310 e. The van der Waals surface area contributed by atoms with E-state index >= 15 is 0 Å². The van der Waals surface area contributed by atoms with E-state index in [2.05, 4.69) is 199 Å². The van der Waals surface area contributed by atoms with Gasteiger partial charge in [-0.15, -0.1) is 0 Å². The molecule has 4 aliphatic rings. The van der Waals surface area contributed by atoms with Gasteiger partial charge in [-0.2, -0.15) is 0 Å². The summed E-state index contributed by atoms with van der Waals surface area (Å²) in [7, 11) is -2.84. The van der Waals surface area contributed by atoms with Crippen LogP contribution < -0.4 is 37.1 Å². The second kappa shape index (κ2) is 10.7. The predicted molar refractivity (Wildman–Crippen MR) is 256 cm³/mol. The van der Waals surface area contributed by atoms with Crippen molar-refractivity contribution in [2.75, 3.05) is 0 Å². The maximum absolute atomic E-state index is 2.84. The lowest BCUT2D eigenvalue weighted by atomic mass is 9.33. The number of fused-ring (bicyclic) bond motifs is 13. The van der Waals surface area contributed by atoms with Crippen LogP contribution in [0.3, 0.4) is 0 Å². The molecule has 1 spiro atoms. The van der Waals surface area contributed by atoms with Gasteiger partial charge in [0.25, 0.3) is 6.71 Å². The summed E-state index contributed by atoms with van der Waals surface area (Å²) in [5.74, 6) is 0. The first-order valence-electron chi connectivity index (χ1n) is 21.3. The highest BCUT2D eigenvalue weighted by molar-refractivity contribution is 7.24. The first-order chi connectivity index (χ1) is 29.7. The molecule has 276 valence electrons. The highest BCUT2D eigenvalue weighted by Crippen LogP contribution is 2.47. The van der Waals surface area contributed by atoms with Gasteiger partial charge in [0, 0.05) is 38.6 Å². The van der Waals surface area contributed by atoms with Crippen molar-refractivity contribution in [3.05, 3.63) is 187 Å². The van der Waals surface area contributed by atoms with E-state index in [0.717, 1.165) is 0 Å². The van der Waals surface area contributed by atoms with Gasteiger partial charge in [0.2, 0.25) is 0 Å². The summed E-state index contributed by atoms with van der Waals surface area (Å²) in [4.78, 5) is 0. The third-order valence-electron chi connectivity index (χ3n) is 14.9. The number of hydrogen-bond donors (Lipinski definition) is 0. The Balaban J connectivity index is 1.24. The molecule has 0 bridgehead atoms. The minimum absolute atomic E-state index is 0.0397. The molecule has 0 saturated carbocycles. The van der Waals surface area contributed by atoms with E-state index in [-0.39, 0.29) is 6.71 Å². The Morgan fingerprint density at radius 3 is 1.82 bits per heavy atom. The number of aromatic nitrogens is 2. The van der Waals surface area contributed by atoms with Gasteiger partial charge < -0.3 is 9.13 Å². The van der Waals surface area contributed by atoms with Gasteiger partial charge in [-0.3, -0.25) is 0 Å². The van der Waals surface area contributed by atoms with Crippen molar-refractivity contribution in [1.29, 1.82) is 0 Å². The number of rotatable bonds is 2. The Morgan fingerprint density at radius 2 is 1.07 bits per heavy atom. The van der Waals surface area contributed by atoms with Crippen molar-refractivity contribution < 1.29 is 0 Å². The van der Waals surface area contributed by atoms with Crippen molar-refractivity contribution in [2.45, 2.75) is 13.8 Å². The molecule has 0 fully saturated rings. The van der Waals surface area contributed by atoms with E-state index < -0.39 is 8.07 Å². The molecule has 15 rings (SSSR count). The van der Waals surface area contributed by atoms with Crippen molar-refractivity contribution in [3.8, 4) is 44.9 Å². The number of nitrogens with zero attached hydrogens (tertiary/aromatic N) is 2. The molecule has 9 aromatic carbocycles. The topological polar surface area (TPSA) is 9.86 Å². The zero-order chi connectivity index (χ0) is 39.2. The molecule has 0 radical (unpaired) electrons. The quantitative estimate of drug-likeness (QED) is 0.156. The van der Waals surface area contributed by atoms with Crippen molar-refractivity contribution in [1.82, 2.24) is 9.13 Å². The van der Waals surface area contributed by atoms with Gasteiger partial charge in [-0.1, -0.05) is 164 Å². The highest BCUT2D eigenvalue weighted by atomic mass is 28.3. The molecule has 6 heterocycles. The standard InChI is InChI=1S/C56H35BN2Si/c1-32-25-27-41-54-47(32)48-33(2)26-29-45-55(48)59(54)56-46(60(45)43-23-13-11-21-38(43)39-22-12-14-24-44(39)60)30-28-42-51(56)57(41)50-37-20-10-9-19-36(37)31-40-49(34-15-5-3-6-16-34)52(58(42)53(40)50)35-17-7-4-8-18-35/h3-31H,1-2H3. The second-order valence-electron chi connectivity index (χ2n) is 17.6. The fourth-order valence-electron chi connectivity index (χ4n) is 12.9. The lowest BCUT2D eigenvalue weighted by Crippen LogP contribution is -2.76. The normalized spacial score (nSPS) is 14.3. The lowest BCUT2D eigenvalue weighted by Gasteiger charge is -2.43. The van der Waals surface area contributed by atoms with Gasteiger partial charge >= 0.3 is 0 Å². The third-order valence-corrected chi connectivity index (χ3v) is 19.8. The molecule has 0 aliphatic carbocycles. The first kappa shape index (κ1) is 31.8. The molecular weight excluding hydrogens is 740 g/mol. The summed E-state index contributed by atoms with van der Waals surface area (Å²) in [6.45, 7) is 4.73. The SMILES string of the molecule is Cc1ccc2c3c1c1c(C)ccc4c1n3-c1c(ccc3c1B2c1c2ccccc2cc2c(-c5ccccc5)c(-c5ccccc5)n-3c12)[Si]41c2ccccc2-c2ccccc21. The zero-order valence-corrected chi connectivity index (χ0v) is 34.2. The molecule has 0 amide bonds.